The highest BCUT2D eigenvalue weighted by molar-refractivity contribution is 7.25. The second kappa shape index (κ2) is 4.86. The Morgan fingerprint density at radius 1 is 1.00 bits per heavy atom. The third-order valence-corrected chi connectivity index (χ3v) is 5.20. The molecule has 0 radical (unpaired) electrons. The van der Waals surface area contributed by atoms with Crippen LogP contribution in [0.4, 0.5) is 0 Å². The third kappa shape index (κ3) is 1.80. The highest BCUT2D eigenvalue weighted by Gasteiger charge is 2.36. The lowest BCUT2D eigenvalue weighted by atomic mass is 10.1. The van der Waals surface area contributed by atoms with Gasteiger partial charge in [0, 0.05) is 22.0 Å². The molecule has 1 aliphatic rings. The molecule has 4 rings (SSSR count). The number of benzene rings is 2. The number of nitrogens with zero attached hydrogens (tertiary/aromatic N) is 1. The van der Waals surface area contributed by atoms with Crippen LogP contribution >= 0.6 is 11.3 Å². The summed E-state index contributed by atoms with van der Waals surface area (Å²) in [6.07, 6.45) is 1.52. The minimum Gasteiger partial charge on any atom is -0.289 e. The minimum atomic E-state index is -0.360. The van der Waals surface area contributed by atoms with Gasteiger partial charge in [-0.15, -0.1) is 17.9 Å². The smallest absolute Gasteiger partial charge is 0.263 e. The Hall–Kier alpha value is -2.79. The Morgan fingerprint density at radius 3 is 2.57 bits per heavy atom. The number of hydrogen-bond acceptors (Lipinski definition) is 4. The van der Waals surface area contributed by atoms with E-state index in [0.717, 1.165) is 9.60 Å². The van der Waals surface area contributed by atoms with E-state index in [1.54, 1.807) is 18.2 Å². The van der Waals surface area contributed by atoms with Gasteiger partial charge in [0.1, 0.15) is 0 Å². The first-order valence-corrected chi connectivity index (χ1v) is 7.91. The summed E-state index contributed by atoms with van der Waals surface area (Å²) in [5.74, 6) is -0.693. The van der Waals surface area contributed by atoms with Crippen molar-refractivity contribution in [2.24, 2.45) is 0 Å². The summed E-state index contributed by atoms with van der Waals surface area (Å²) < 4.78 is 1.39. The van der Waals surface area contributed by atoms with Gasteiger partial charge in [-0.2, -0.15) is 0 Å². The molecule has 0 fully saturated rings. The second-order valence-electron chi connectivity index (χ2n) is 5.30. The first-order chi connectivity index (χ1) is 11.1. The zero-order chi connectivity index (χ0) is 16.1. The van der Waals surface area contributed by atoms with Crippen LogP contribution in [0.1, 0.15) is 20.7 Å². The van der Waals surface area contributed by atoms with Crippen LogP contribution in [0.25, 0.3) is 20.2 Å². The molecule has 0 N–H and O–H groups in total. The maximum Gasteiger partial charge on any atom is 0.263 e. The number of imide groups is 1. The minimum absolute atomic E-state index is 0.112. The van der Waals surface area contributed by atoms with Crippen molar-refractivity contribution in [3.8, 4) is 0 Å². The van der Waals surface area contributed by atoms with Crippen molar-refractivity contribution < 1.29 is 9.59 Å². The first-order valence-electron chi connectivity index (χ1n) is 7.09. The molecule has 0 spiro atoms. The van der Waals surface area contributed by atoms with Crippen LogP contribution in [0.5, 0.6) is 0 Å². The average molecular weight is 321 g/mol. The van der Waals surface area contributed by atoms with Gasteiger partial charge >= 0.3 is 0 Å². The zero-order valence-electron chi connectivity index (χ0n) is 12.0. The van der Waals surface area contributed by atoms with Crippen LogP contribution in [0.2, 0.25) is 0 Å². The summed E-state index contributed by atoms with van der Waals surface area (Å²) in [6, 6.07) is 10.5. The van der Waals surface area contributed by atoms with Gasteiger partial charge in [-0.3, -0.25) is 19.3 Å². The highest BCUT2D eigenvalue weighted by Crippen LogP contribution is 2.34. The van der Waals surface area contributed by atoms with E-state index in [9.17, 15) is 14.4 Å². The molecule has 2 amide bonds. The lowest BCUT2D eigenvalue weighted by Crippen LogP contribution is -2.29. The van der Waals surface area contributed by atoms with E-state index in [2.05, 4.69) is 6.58 Å². The van der Waals surface area contributed by atoms with E-state index in [-0.39, 0.29) is 23.8 Å². The largest absolute Gasteiger partial charge is 0.289 e. The van der Waals surface area contributed by atoms with E-state index in [1.165, 1.54) is 17.4 Å². The van der Waals surface area contributed by atoms with Crippen LogP contribution in [0, 0.1) is 0 Å². The SMILES string of the molecule is C=CCN1C(=O)c2ccc3c(=O)c4ccccc4sc3c2C1=O. The Labute approximate surface area is 135 Å². The van der Waals surface area contributed by atoms with Crippen molar-refractivity contribution in [2.45, 2.75) is 0 Å². The summed E-state index contributed by atoms with van der Waals surface area (Å²) in [4.78, 5) is 38.8. The van der Waals surface area contributed by atoms with E-state index >= 15 is 0 Å². The van der Waals surface area contributed by atoms with Crippen LogP contribution < -0.4 is 5.43 Å². The van der Waals surface area contributed by atoms with E-state index in [0.29, 0.717) is 26.6 Å². The molecule has 112 valence electrons. The Morgan fingerprint density at radius 2 is 1.78 bits per heavy atom. The molecule has 1 aromatic heterocycles. The van der Waals surface area contributed by atoms with Gasteiger partial charge in [0.25, 0.3) is 11.8 Å². The quantitative estimate of drug-likeness (QED) is 0.414. The number of rotatable bonds is 2. The first kappa shape index (κ1) is 13.8. The molecule has 3 aromatic rings. The number of fused-ring (bicyclic) bond motifs is 4. The van der Waals surface area contributed by atoms with E-state index in [1.807, 2.05) is 18.2 Å². The van der Waals surface area contributed by atoms with Crippen LogP contribution in [0.15, 0.2) is 53.8 Å². The highest BCUT2D eigenvalue weighted by atomic mass is 32.1. The second-order valence-corrected chi connectivity index (χ2v) is 6.35. The number of carbonyl (C=O) groups excluding carboxylic acids is 2. The molecule has 2 heterocycles. The molecule has 1 aliphatic heterocycles. The molecule has 0 unspecified atom stereocenters. The molecule has 0 saturated carbocycles. The fraction of sp³-hybridized carbons (Fsp3) is 0.0556. The topological polar surface area (TPSA) is 54.5 Å². The van der Waals surface area contributed by atoms with E-state index < -0.39 is 0 Å². The van der Waals surface area contributed by atoms with Gasteiger partial charge in [0.05, 0.1) is 15.8 Å². The van der Waals surface area contributed by atoms with Gasteiger partial charge < -0.3 is 0 Å². The normalized spacial score (nSPS) is 13.8. The van der Waals surface area contributed by atoms with Crippen molar-refractivity contribution >= 4 is 43.3 Å². The van der Waals surface area contributed by atoms with Gasteiger partial charge in [-0.05, 0) is 24.3 Å². The maximum atomic E-state index is 12.7. The number of amides is 2. The van der Waals surface area contributed by atoms with Crippen molar-refractivity contribution in [1.82, 2.24) is 4.90 Å². The molecule has 0 bridgehead atoms. The summed E-state index contributed by atoms with van der Waals surface area (Å²) in [7, 11) is 0. The molecule has 5 heteroatoms. The van der Waals surface area contributed by atoms with Gasteiger partial charge in [-0.25, -0.2) is 0 Å². The fourth-order valence-electron chi connectivity index (χ4n) is 2.92. The monoisotopic (exact) mass is 321 g/mol. The molecule has 0 saturated heterocycles. The zero-order valence-corrected chi connectivity index (χ0v) is 12.9. The van der Waals surface area contributed by atoms with Crippen LogP contribution in [0.3, 0.4) is 0 Å². The van der Waals surface area contributed by atoms with Gasteiger partial charge in [0.15, 0.2) is 5.43 Å². The molecule has 0 atom stereocenters. The molecule has 23 heavy (non-hydrogen) atoms. The van der Waals surface area contributed by atoms with Crippen LogP contribution in [-0.2, 0) is 0 Å². The molecular weight excluding hydrogens is 310 g/mol. The molecule has 0 aliphatic carbocycles. The van der Waals surface area contributed by atoms with Gasteiger partial charge in [0.2, 0.25) is 0 Å². The molecular formula is C18H11NO3S. The predicted octanol–water partition coefficient (Wildman–Crippen LogP) is 3.20. The lowest BCUT2D eigenvalue weighted by Gasteiger charge is -2.09. The summed E-state index contributed by atoms with van der Waals surface area (Å²) >= 11 is 1.37. The van der Waals surface area contributed by atoms with Crippen molar-refractivity contribution in [2.75, 3.05) is 6.54 Å². The van der Waals surface area contributed by atoms with Crippen molar-refractivity contribution in [1.29, 1.82) is 0 Å². The van der Waals surface area contributed by atoms with Gasteiger partial charge in [-0.1, -0.05) is 18.2 Å². The fourth-order valence-corrected chi connectivity index (χ4v) is 4.13. The van der Waals surface area contributed by atoms with Crippen LogP contribution in [-0.4, -0.2) is 23.3 Å². The average Bonchev–Trinajstić information content (AvgIpc) is 2.81. The molecule has 4 nitrogen and oxygen atoms in total. The molecule has 2 aromatic carbocycles. The summed E-state index contributed by atoms with van der Waals surface area (Å²) in [6.45, 7) is 3.74. The van der Waals surface area contributed by atoms with Crippen molar-refractivity contribution in [3.05, 3.63) is 70.4 Å². The Bertz CT molecular complexity index is 1080. The number of carbonyl (C=O) groups is 2. The number of hydrogen-bond donors (Lipinski definition) is 0. The van der Waals surface area contributed by atoms with Crippen molar-refractivity contribution in [3.63, 3.8) is 0 Å². The third-order valence-electron chi connectivity index (χ3n) is 3.99. The lowest BCUT2D eigenvalue weighted by molar-refractivity contribution is 0.0672. The summed E-state index contributed by atoms with van der Waals surface area (Å²) in [5.41, 5.74) is 0.581. The summed E-state index contributed by atoms with van der Waals surface area (Å²) in [5, 5.41) is 1.11. The van der Waals surface area contributed by atoms with E-state index in [4.69, 9.17) is 0 Å². The standard InChI is InChI=1S/C18H11NO3S/c1-2-9-19-17(21)11-7-8-12-15(20)10-5-3-4-6-13(10)23-16(12)14(11)18(19)22/h2-8H,1,9H2. The Balaban J connectivity index is 2.12. The maximum absolute atomic E-state index is 12.7. The predicted molar refractivity (Wildman–Crippen MR) is 91.2 cm³/mol. The Kier molecular flexibility index (Phi) is 2.92.